The van der Waals surface area contributed by atoms with Crippen molar-refractivity contribution in [1.82, 2.24) is 10.2 Å². The van der Waals surface area contributed by atoms with Gasteiger partial charge in [-0.25, -0.2) is 0 Å². The molecule has 3 aliphatic rings. The molecule has 114 valence electrons. The van der Waals surface area contributed by atoms with E-state index in [1.807, 2.05) is 4.90 Å². The van der Waals surface area contributed by atoms with Crippen LogP contribution in [-0.4, -0.2) is 49.7 Å². The van der Waals surface area contributed by atoms with Crippen molar-refractivity contribution in [3.05, 3.63) is 0 Å². The fourth-order valence-corrected chi connectivity index (χ4v) is 3.96. The summed E-state index contributed by atoms with van der Waals surface area (Å²) in [7, 11) is 0. The molecule has 1 N–H and O–H groups in total. The van der Waals surface area contributed by atoms with E-state index in [4.69, 9.17) is 4.74 Å². The van der Waals surface area contributed by atoms with E-state index < -0.39 is 0 Å². The predicted octanol–water partition coefficient (Wildman–Crippen LogP) is 1.94. The second kappa shape index (κ2) is 6.44. The Hall–Kier alpha value is -0.610. The van der Waals surface area contributed by atoms with Crippen LogP contribution in [0, 0.1) is 5.41 Å². The van der Waals surface area contributed by atoms with Gasteiger partial charge in [0.25, 0.3) is 0 Å². The van der Waals surface area contributed by atoms with Gasteiger partial charge in [-0.05, 0) is 44.1 Å². The van der Waals surface area contributed by atoms with Gasteiger partial charge in [0.2, 0.25) is 5.91 Å². The monoisotopic (exact) mass is 280 g/mol. The first-order valence-electron chi connectivity index (χ1n) is 8.38. The van der Waals surface area contributed by atoms with Gasteiger partial charge in [0, 0.05) is 19.6 Å². The zero-order valence-electron chi connectivity index (χ0n) is 12.5. The van der Waals surface area contributed by atoms with Crippen LogP contribution in [0.25, 0.3) is 0 Å². The standard InChI is InChI=1S/C16H28N2O2/c19-15(12-20-14-4-2-1-3-5-14)18-10-7-16(8-11-18)6-9-17-13-16/h14,17H,1-13H2. The summed E-state index contributed by atoms with van der Waals surface area (Å²) in [5.41, 5.74) is 0.487. The Morgan fingerprint density at radius 1 is 1.15 bits per heavy atom. The average molecular weight is 280 g/mol. The summed E-state index contributed by atoms with van der Waals surface area (Å²) >= 11 is 0. The Kier molecular flexibility index (Phi) is 4.61. The maximum atomic E-state index is 12.2. The van der Waals surface area contributed by atoms with E-state index in [0.717, 1.165) is 51.9 Å². The molecule has 2 heterocycles. The first-order valence-corrected chi connectivity index (χ1v) is 8.38. The molecule has 0 bridgehead atoms. The van der Waals surface area contributed by atoms with Gasteiger partial charge in [0.1, 0.15) is 6.61 Å². The number of rotatable bonds is 3. The summed E-state index contributed by atoms with van der Waals surface area (Å²) in [6, 6.07) is 0. The fourth-order valence-electron chi connectivity index (χ4n) is 3.96. The lowest BCUT2D eigenvalue weighted by Crippen LogP contribution is -2.45. The zero-order valence-corrected chi connectivity index (χ0v) is 12.5. The van der Waals surface area contributed by atoms with E-state index in [1.165, 1.54) is 25.7 Å². The summed E-state index contributed by atoms with van der Waals surface area (Å²) in [4.78, 5) is 14.2. The summed E-state index contributed by atoms with van der Waals surface area (Å²) in [6.07, 6.45) is 10.1. The smallest absolute Gasteiger partial charge is 0.248 e. The number of nitrogens with zero attached hydrogens (tertiary/aromatic N) is 1. The third kappa shape index (κ3) is 3.34. The largest absolute Gasteiger partial charge is 0.368 e. The molecule has 1 amide bonds. The number of nitrogens with one attached hydrogen (secondary N) is 1. The topological polar surface area (TPSA) is 41.6 Å². The number of likely N-dealkylation sites (tertiary alicyclic amines) is 1. The molecule has 1 saturated carbocycles. The average Bonchev–Trinajstić information content (AvgIpc) is 2.95. The van der Waals surface area contributed by atoms with Crippen molar-refractivity contribution < 1.29 is 9.53 Å². The molecule has 4 heteroatoms. The van der Waals surface area contributed by atoms with Crippen molar-refractivity contribution >= 4 is 5.91 Å². The number of amides is 1. The molecule has 3 rings (SSSR count). The lowest BCUT2D eigenvalue weighted by molar-refractivity contribution is -0.141. The number of hydrogen-bond acceptors (Lipinski definition) is 3. The minimum atomic E-state index is 0.205. The molecule has 20 heavy (non-hydrogen) atoms. The van der Waals surface area contributed by atoms with Gasteiger partial charge in [-0.1, -0.05) is 19.3 Å². The van der Waals surface area contributed by atoms with Crippen molar-refractivity contribution in [3.63, 3.8) is 0 Å². The van der Waals surface area contributed by atoms with Crippen LogP contribution in [-0.2, 0) is 9.53 Å². The van der Waals surface area contributed by atoms with Crippen LogP contribution in [0.15, 0.2) is 0 Å². The highest BCUT2D eigenvalue weighted by Crippen LogP contribution is 2.36. The van der Waals surface area contributed by atoms with Crippen LogP contribution in [0.2, 0.25) is 0 Å². The van der Waals surface area contributed by atoms with Gasteiger partial charge in [-0.2, -0.15) is 0 Å². The molecule has 0 aromatic heterocycles. The van der Waals surface area contributed by atoms with Crippen LogP contribution in [0.4, 0.5) is 0 Å². The number of piperidine rings is 1. The lowest BCUT2D eigenvalue weighted by atomic mass is 9.78. The van der Waals surface area contributed by atoms with Gasteiger partial charge in [0.15, 0.2) is 0 Å². The predicted molar refractivity (Wildman–Crippen MR) is 78.6 cm³/mol. The molecule has 3 fully saturated rings. The highest BCUT2D eigenvalue weighted by Gasteiger charge is 2.38. The first-order chi connectivity index (χ1) is 9.77. The molecule has 1 spiro atoms. The number of carbonyl (C=O) groups excluding carboxylic acids is 1. The minimum absolute atomic E-state index is 0.205. The zero-order chi connectivity index (χ0) is 13.8. The van der Waals surface area contributed by atoms with Crippen LogP contribution in [0.3, 0.4) is 0 Å². The fraction of sp³-hybridized carbons (Fsp3) is 0.938. The van der Waals surface area contributed by atoms with E-state index in [0.29, 0.717) is 18.1 Å². The summed E-state index contributed by atoms with van der Waals surface area (Å²) in [5.74, 6) is 0.205. The molecule has 0 radical (unpaired) electrons. The van der Waals surface area contributed by atoms with Gasteiger partial charge in [-0.15, -0.1) is 0 Å². The van der Waals surface area contributed by atoms with E-state index in [1.54, 1.807) is 0 Å². The second-order valence-corrected chi connectivity index (χ2v) is 6.88. The summed E-state index contributed by atoms with van der Waals surface area (Å²) in [6.45, 7) is 4.45. The molecular formula is C16H28N2O2. The van der Waals surface area contributed by atoms with Crippen LogP contribution < -0.4 is 5.32 Å². The van der Waals surface area contributed by atoms with E-state index >= 15 is 0 Å². The van der Waals surface area contributed by atoms with Crippen LogP contribution >= 0.6 is 0 Å². The summed E-state index contributed by atoms with van der Waals surface area (Å²) in [5, 5.41) is 3.47. The highest BCUT2D eigenvalue weighted by atomic mass is 16.5. The molecule has 0 aromatic rings. The van der Waals surface area contributed by atoms with Gasteiger partial charge in [-0.3, -0.25) is 4.79 Å². The van der Waals surface area contributed by atoms with E-state index in [2.05, 4.69) is 5.32 Å². The molecule has 4 nitrogen and oxygen atoms in total. The number of hydrogen-bond donors (Lipinski definition) is 1. The summed E-state index contributed by atoms with van der Waals surface area (Å²) < 4.78 is 5.81. The van der Waals surface area contributed by atoms with Gasteiger partial charge in [0.05, 0.1) is 6.10 Å². The van der Waals surface area contributed by atoms with Crippen LogP contribution in [0.5, 0.6) is 0 Å². The van der Waals surface area contributed by atoms with Crippen molar-refractivity contribution in [2.24, 2.45) is 5.41 Å². The molecule has 1 aliphatic carbocycles. The normalized spacial score (nSPS) is 27.1. The Labute approximate surface area is 122 Å². The third-order valence-electron chi connectivity index (χ3n) is 5.50. The molecule has 0 aromatic carbocycles. The van der Waals surface area contributed by atoms with Crippen molar-refractivity contribution in [3.8, 4) is 0 Å². The SMILES string of the molecule is O=C(COC1CCCCC1)N1CCC2(CCNC2)CC1. The third-order valence-corrected chi connectivity index (χ3v) is 5.50. The Morgan fingerprint density at radius 3 is 2.55 bits per heavy atom. The van der Waals surface area contributed by atoms with E-state index in [-0.39, 0.29) is 5.91 Å². The minimum Gasteiger partial charge on any atom is -0.368 e. The Balaban J connectivity index is 1.39. The second-order valence-electron chi connectivity index (χ2n) is 6.88. The molecule has 0 unspecified atom stereocenters. The number of ether oxygens (including phenoxy) is 1. The maximum Gasteiger partial charge on any atom is 0.248 e. The van der Waals surface area contributed by atoms with Crippen molar-refractivity contribution in [2.45, 2.75) is 57.5 Å². The van der Waals surface area contributed by atoms with Crippen molar-refractivity contribution in [1.29, 1.82) is 0 Å². The first kappa shape index (κ1) is 14.3. The number of carbonyl (C=O) groups is 1. The molecule has 2 saturated heterocycles. The van der Waals surface area contributed by atoms with Gasteiger partial charge >= 0.3 is 0 Å². The quantitative estimate of drug-likeness (QED) is 0.859. The van der Waals surface area contributed by atoms with E-state index in [9.17, 15) is 4.79 Å². The molecule has 2 aliphatic heterocycles. The molecule has 0 atom stereocenters. The van der Waals surface area contributed by atoms with Crippen molar-refractivity contribution in [2.75, 3.05) is 32.8 Å². The Morgan fingerprint density at radius 2 is 1.90 bits per heavy atom. The van der Waals surface area contributed by atoms with Crippen LogP contribution in [0.1, 0.15) is 51.4 Å². The molecular weight excluding hydrogens is 252 g/mol. The lowest BCUT2D eigenvalue weighted by Gasteiger charge is -2.39. The maximum absolute atomic E-state index is 12.2. The Bertz CT molecular complexity index is 323. The highest BCUT2D eigenvalue weighted by molar-refractivity contribution is 5.77. The van der Waals surface area contributed by atoms with Gasteiger partial charge < -0.3 is 15.0 Å².